The molecule has 1 saturated heterocycles. The number of hydrogen-bond donors (Lipinski definition) is 3. The molecule has 0 spiro atoms. The number of ether oxygens (including phenoxy) is 1. The van der Waals surface area contributed by atoms with E-state index in [2.05, 4.69) is 72.5 Å². The summed E-state index contributed by atoms with van der Waals surface area (Å²) >= 11 is 0. The van der Waals surface area contributed by atoms with Crippen molar-refractivity contribution >= 4 is 11.6 Å². The minimum absolute atomic E-state index is 0.189. The Bertz CT molecular complexity index is 686. The summed E-state index contributed by atoms with van der Waals surface area (Å²) in [4.78, 5) is 7.05. The highest BCUT2D eigenvalue weighted by atomic mass is 16.5. The van der Waals surface area contributed by atoms with Crippen LogP contribution in [0.3, 0.4) is 0 Å². The van der Waals surface area contributed by atoms with Crippen molar-refractivity contribution in [1.29, 1.82) is 0 Å². The molecule has 31 heavy (non-hydrogen) atoms. The van der Waals surface area contributed by atoms with Crippen LogP contribution in [0.1, 0.15) is 58.9 Å². The Morgan fingerprint density at radius 3 is 2.42 bits per heavy atom. The molecule has 0 bridgehead atoms. The molecule has 6 nitrogen and oxygen atoms in total. The van der Waals surface area contributed by atoms with Crippen LogP contribution in [0.2, 0.25) is 0 Å². The van der Waals surface area contributed by atoms with Gasteiger partial charge in [0.1, 0.15) is 0 Å². The van der Waals surface area contributed by atoms with Crippen LogP contribution in [0.4, 0.5) is 5.69 Å². The summed E-state index contributed by atoms with van der Waals surface area (Å²) in [5, 5.41) is 17.0. The fourth-order valence-corrected chi connectivity index (χ4v) is 3.87. The first kappa shape index (κ1) is 23.9. The molecular formula is C25H42N4O2. The van der Waals surface area contributed by atoms with E-state index in [9.17, 15) is 5.11 Å². The van der Waals surface area contributed by atoms with Gasteiger partial charge in [-0.3, -0.25) is 4.99 Å². The molecule has 2 aliphatic rings. The van der Waals surface area contributed by atoms with E-state index in [1.165, 1.54) is 24.1 Å². The molecule has 1 aliphatic carbocycles. The zero-order valence-electron chi connectivity index (χ0n) is 19.9. The third-order valence-electron chi connectivity index (χ3n) is 6.10. The minimum Gasteiger partial charge on any atom is -0.389 e. The predicted octanol–water partition coefficient (Wildman–Crippen LogP) is 3.30. The molecule has 0 aromatic heterocycles. The lowest BCUT2D eigenvalue weighted by atomic mass is 9.87. The van der Waals surface area contributed by atoms with E-state index in [1.54, 1.807) is 0 Å². The van der Waals surface area contributed by atoms with Crippen LogP contribution in [0.15, 0.2) is 29.3 Å². The van der Waals surface area contributed by atoms with Gasteiger partial charge >= 0.3 is 0 Å². The van der Waals surface area contributed by atoms with Crippen molar-refractivity contribution in [3.8, 4) is 0 Å². The Labute approximate surface area is 188 Å². The third kappa shape index (κ3) is 8.00. The first-order chi connectivity index (χ1) is 14.8. The number of anilines is 1. The second-order valence-corrected chi connectivity index (χ2v) is 10.1. The van der Waals surface area contributed by atoms with Gasteiger partial charge in [-0.15, -0.1) is 0 Å². The topological polar surface area (TPSA) is 69.1 Å². The summed E-state index contributed by atoms with van der Waals surface area (Å²) in [5.74, 6) is 1.51. The quantitative estimate of drug-likeness (QED) is 0.414. The summed E-state index contributed by atoms with van der Waals surface area (Å²) < 4.78 is 5.58. The van der Waals surface area contributed by atoms with E-state index in [1.807, 2.05) is 0 Å². The van der Waals surface area contributed by atoms with Gasteiger partial charge in [0.2, 0.25) is 0 Å². The summed E-state index contributed by atoms with van der Waals surface area (Å²) in [6.45, 7) is 13.2. The molecule has 1 saturated carbocycles. The van der Waals surface area contributed by atoms with Gasteiger partial charge in [0, 0.05) is 38.0 Å². The number of guanidine groups is 1. The zero-order chi connectivity index (χ0) is 22.3. The van der Waals surface area contributed by atoms with Crippen molar-refractivity contribution in [1.82, 2.24) is 10.6 Å². The molecule has 174 valence electrons. The first-order valence-corrected chi connectivity index (χ1v) is 12.0. The fraction of sp³-hybridized carbons (Fsp3) is 0.720. The van der Waals surface area contributed by atoms with Crippen LogP contribution < -0.4 is 15.5 Å². The van der Waals surface area contributed by atoms with Crippen molar-refractivity contribution in [2.45, 2.75) is 70.9 Å². The van der Waals surface area contributed by atoms with Crippen LogP contribution in [0.25, 0.3) is 0 Å². The number of rotatable bonds is 9. The Balaban J connectivity index is 1.43. The molecule has 1 aromatic rings. The first-order valence-electron chi connectivity index (χ1n) is 12.0. The summed E-state index contributed by atoms with van der Waals surface area (Å²) in [5.41, 5.74) is 2.87. The van der Waals surface area contributed by atoms with Crippen molar-refractivity contribution in [2.24, 2.45) is 10.9 Å². The van der Waals surface area contributed by atoms with Gasteiger partial charge in [0.15, 0.2) is 5.96 Å². The monoisotopic (exact) mass is 430 g/mol. The molecule has 3 rings (SSSR count). The second-order valence-electron chi connectivity index (χ2n) is 10.1. The molecule has 0 amide bonds. The van der Waals surface area contributed by atoms with Gasteiger partial charge < -0.3 is 25.4 Å². The molecule has 3 N–H and O–H groups in total. The Kier molecular flexibility index (Phi) is 8.61. The summed E-state index contributed by atoms with van der Waals surface area (Å²) in [7, 11) is 0. The number of aliphatic hydroxyl groups is 1. The Morgan fingerprint density at radius 2 is 1.84 bits per heavy atom. The maximum Gasteiger partial charge on any atom is 0.191 e. The van der Waals surface area contributed by atoms with Gasteiger partial charge in [0.05, 0.1) is 19.3 Å². The zero-order valence-corrected chi connectivity index (χ0v) is 19.9. The molecule has 1 unspecified atom stereocenters. The lowest BCUT2D eigenvalue weighted by Crippen LogP contribution is -2.49. The van der Waals surface area contributed by atoms with E-state index in [0.29, 0.717) is 19.2 Å². The molecule has 1 heterocycles. The third-order valence-corrected chi connectivity index (χ3v) is 6.10. The highest BCUT2D eigenvalue weighted by Crippen LogP contribution is 2.29. The van der Waals surface area contributed by atoms with Crippen LogP contribution >= 0.6 is 0 Å². The molecule has 1 aromatic carbocycles. The van der Waals surface area contributed by atoms with E-state index in [4.69, 9.17) is 4.74 Å². The molecule has 6 heteroatoms. The minimum atomic E-state index is -0.549. The maximum absolute atomic E-state index is 10.1. The molecule has 1 aliphatic heterocycles. The summed E-state index contributed by atoms with van der Waals surface area (Å²) in [6, 6.07) is 9.43. The van der Waals surface area contributed by atoms with Crippen molar-refractivity contribution in [2.75, 3.05) is 44.3 Å². The second kappa shape index (κ2) is 11.2. The number of nitrogens with one attached hydrogen (secondary N) is 2. The van der Waals surface area contributed by atoms with Gasteiger partial charge in [0.25, 0.3) is 0 Å². The number of nitrogens with zero attached hydrogens (tertiary/aromatic N) is 2. The standard InChI is InChI=1S/C25H42N4O2/c1-5-26-24(27-16-23(30)18-31-17-19-6-7-19)28-21-12-14-29(15-13-21)22-10-8-20(9-11-22)25(2,3)4/h8-11,19,21,23,30H,5-7,12-18H2,1-4H3,(H2,26,27,28). The maximum atomic E-state index is 10.1. The SMILES string of the molecule is CCNC(=NCC(O)COCC1CC1)NC1CCN(c2ccc(C(C)(C)C)cc2)CC1. The van der Waals surface area contributed by atoms with Gasteiger partial charge in [-0.05, 0) is 61.6 Å². The van der Waals surface area contributed by atoms with Gasteiger partial charge in [-0.2, -0.15) is 0 Å². The van der Waals surface area contributed by atoms with Crippen molar-refractivity contribution in [3.63, 3.8) is 0 Å². The normalized spacial score (nSPS) is 19.4. The number of piperidine rings is 1. The smallest absolute Gasteiger partial charge is 0.191 e. The van der Waals surface area contributed by atoms with Crippen LogP contribution in [0, 0.1) is 5.92 Å². The van der Waals surface area contributed by atoms with E-state index in [-0.39, 0.29) is 5.41 Å². The molecule has 0 radical (unpaired) electrons. The molecule has 1 atom stereocenters. The molecular weight excluding hydrogens is 388 g/mol. The van der Waals surface area contributed by atoms with Crippen LogP contribution in [0.5, 0.6) is 0 Å². The fourth-order valence-electron chi connectivity index (χ4n) is 3.87. The van der Waals surface area contributed by atoms with E-state index in [0.717, 1.165) is 51.0 Å². The van der Waals surface area contributed by atoms with Crippen LogP contribution in [-0.4, -0.2) is 62.6 Å². The highest BCUT2D eigenvalue weighted by Gasteiger charge is 2.22. The number of hydrogen-bond acceptors (Lipinski definition) is 4. The average molecular weight is 431 g/mol. The van der Waals surface area contributed by atoms with Gasteiger partial charge in [-0.25, -0.2) is 0 Å². The number of aliphatic imine (C=N–C) groups is 1. The lowest BCUT2D eigenvalue weighted by Gasteiger charge is -2.35. The Morgan fingerprint density at radius 1 is 1.16 bits per heavy atom. The number of aliphatic hydroxyl groups excluding tert-OH is 1. The summed E-state index contributed by atoms with van der Waals surface area (Å²) in [6.07, 6.45) is 4.12. The van der Waals surface area contributed by atoms with Crippen LogP contribution in [-0.2, 0) is 10.2 Å². The van der Waals surface area contributed by atoms with Gasteiger partial charge in [-0.1, -0.05) is 32.9 Å². The van der Waals surface area contributed by atoms with Crippen molar-refractivity contribution < 1.29 is 9.84 Å². The number of benzene rings is 1. The van der Waals surface area contributed by atoms with E-state index >= 15 is 0 Å². The average Bonchev–Trinajstić information content (AvgIpc) is 3.57. The van der Waals surface area contributed by atoms with E-state index < -0.39 is 6.10 Å². The predicted molar refractivity (Wildman–Crippen MR) is 129 cm³/mol. The van der Waals surface area contributed by atoms with Crippen molar-refractivity contribution in [3.05, 3.63) is 29.8 Å². The lowest BCUT2D eigenvalue weighted by molar-refractivity contribution is 0.0368. The Hall–Kier alpha value is -1.79. The highest BCUT2D eigenvalue weighted by molar-refractivity contribution is 5.80. The largest absolute Gasteiger partial charge is 0.389 e. The molecule has 2 fully saturated rings.